The van der Waals surface area contributed by atoms with Crippen LogP contribution in [0.5, 0.6) is 0 Å². The summed E-state index contributed by atoms with van der Waals surface area (Å²) in [5, 5.41) is 2.70. The van der Waals surface area contributed by atoms with Gasteiger partial charge in [0.05, 0.1) is 12.2 Å². The summed E-state index contributed by atoms with van der Waals surface area (Å²) in [5.74, 6) is 1.14. The van der Waals surface area contributed by atoms with Gasteiger partial charge in [-0.2, -0.15) is 0 Å². The van der Waals surface area contributed by atoms with E-state index in [1.165, 1.54) is 38.2 Å². The number of nitrogens with zero attached hydrogens (tertiary/aromatic N) is 1. The minimum absolute atomic E-state index is 0.114. The van der Waals surface area contributed by atoms with Crippen molar-refractivity contribution in [2.24, 2.45) is 11.8 Å². The monoisotopic (exact) mass is 304 g/mol. The fourth-order valence-electron chi connectivity index (χ4n) is 3.93. The fourth-order valence-corrected chi connectivity index (χ4v) is 3.93. The van der Waals surface area contributed by atoms with E-state index < -0.39 is 0 Å². The van der Waals surface area contributed by atoms with Crippen molar-refractivity contribution in [3.8, 4) is 0 Å². The van der Waals surface area contributed by atoms with Crippen LogP contribution >= 0.6 is 0 Å². The number of amides is 1. The highest BCUT2D eigenvalue weighted by Crippen LogP contribution is 2.35. The van der Waals surface area contributed by atoms with E-state index in [2.05, 4.69) is 10.2 Å². The first-order chi connectivity index (χ1) is 10.6. The molecule has 4 heteroatoms. The molecule has 3 nitrogen and oxygen atoms in total. The van der Waals surface area contributed by atoms with Crippen LogP contribution in [0, 0.1) is 24.6 Å². The van der Waals surface area contributed by atoms with Crippen LogP contribution in [0.2, 0.25) is 0 Å². The van der Waals surface area contributed by atoms with Gasteiger partial charge >= 0.3 is 0 Å². The Hall–Kier alpha value is -1.42. The van der Waals surface area contributed by atoms with E-state index in [4.69, 9.17) is 0 Å². The molecule has 2 atom stereocenters. The first kappa shape index (κ1) is 15.5. The molecule has 1 saturated heterocycles. The number of rotatable bonds is 3. The molecule has 1 saturated carbocycles. The molecule has 22 heavy (non-hydrogen) atoms. The van der Waals surface area contributed by atoms with E-state index >= 15 is 0 Å². The molecular weight excluding hydrogens is 279 g/mol. The van der Waals surface area contributed by atoms with Gasteiger partial charge in [0.1, 0.15) is 5.82 Å². The molecule has 1 aromatic carbocycles. The summed E-state index contributed by atoms with van der Waals surface area (Å²) in [6.45, 7) is 4.22. The third-order valence-corrected chi connectivity index (χ3v) is 5.14. The van der Waals surface area contributed by atoms with Crippen molar-refractivity contribution in [3.05, 3.63) is 29.6 Å². The predicted molar refractivity (Wildman–Crippen MR) is 86.3 cm³/mol. The summed E-state index contributed by atoms with van der Waals surface area (Å²) in [4.78, 5) is 14.4. The lowest BCUT2D eigenvalue weighted by atomic mass is 9.75. The van der Waals surface area contributed by atoms with E-state index in [-0.39, 0.29) is 17.4 Å². The van der Waals surface area contributed by atoms with Gasteiger partial charge in [-0.25, -0.2) is 4.39 Å². The lowest BCUT2D eigenvalue weighted by Crippen LogP contribution is -2.44. The normalized spacial score (nSPS) is 25.5. The van der Waals surface area contributed by atoms with Crippen molar-refractivity contribution in [1.82, 2.24) is 4.90 Å². The second-order valence-electron chi connectivity index (χ2n) is 6.86. The van der Waals surface area contributed by atoms with E-state index in [1.54, 1.807) is 6.07 Å². The molecular formula is C18H25FN2O. The highest BCUT2D eigenvalue weighted by Gasteiger charge is 2.31. The third kappa shape index (κ3) is 3.67. The van der Waals surface area contributed by atoms with Gasteiger partial charge in [0.15, 0.2) is 0 Å². The number of likely N-dealkylation sites (tertiary alicyclic amines) is 1. The molecule has 0 spiro atoms. The van der Waals surface area contributed by atoms with Crippen molar-refractivity contribution >= 4 is 11.6 Å². The molecule has 1 aromatic rings. The minimum Gasteiger partial charge on any atom is -0.322 e. The maximum atomic E-state index is 13.8. The van der Waals surface area contributed by atoms with Crippen LogP contribution in [0.15, 0.2) is 18.2 Å². The highest BCUT2D eigenvalue weighted by atomic mass is 19.1. The lowest BCUT2D eigenvalue weighted by Gasteiger charge is -2.41. The first-order valence-corrected chi connectivity index (χ1v) is 8.40. The summed E-state index contributed by atoms with van der Waals surface area (Å²) in [6, 6.07) is 4.89. The van der Waals surface area contributed by atoms with Crippen molar-refractivity contribution in [1.29, 1.82) is 0 Å². The number of halogens is 1. The molecule has 1 N–H and O–H groups in total. The van der Waals surface area contributed by atoms with Gasteiger partial charge in [-0.1, -0.05) is 25.3 Å². The molecule has 1 heterocycles. The van der Waals surface area contributed by atoms with E-state index in [0.717, 1.165) is 30.5 Å². The largest absolute Gasteiger partial charge is 0.322 e. The zero-order valence-corrected chi connectivity index (χ0v) is 13.3. The number of hydrogen-bond donors (Lipinski definition) is 1. The van der Waals surface area contributed by atoms with E-state index in [1.807, 2.05) is 13.0 Å². The molecule has 120 valence electrons. The van der Waals surface area contributed by atoms with Gasteiger partial charge in [-0.15, -0.1) is 0 Å². The Bertz CT molecular complexity index is 546. The van der Waals surface area contributed by atoms with Crippen molar-refractivity contribution in [2.75, 3.05) is 25.0 Å². The second kappa shape index (κ2) is 6.78. The number of piperidine rings is 1. The highest BCUT2D eigenvalue weighted by molar-refractivity contribution is 5.92. The van der Waals surface area contributed by atoms with Gasteiger partial charge in [0.2, 0.25) is 5.91 Å². The van der Waals surface area contributed by atoms with Crippen molar-refractivity contribution in [3.63, 3.8) is 0 Å². The van der Waals surface area contributed by atoms with Crippen LogP contribution in [0.3, 0.4) is 0 Å². The standard InChI is InChI=1S/C18H25FN2O/c1-13-6-7-17(16(19)10-13)20-18(22)12-21-9-8-14-4-2-3-5-15(14)11-21/h6-7,10,14-15H,2-5,8-9,11-12H2,1H3,(H,20,22)/t14-,15+/m0/s1. The van der Waals surface area contributed by atoms with Gasteiger partial charge in [0.25, 0.3) is 0 Å². The molecule has 2 aliphatic rings. The summed E-state index contributed by atoms with van der Waals surface area (Å²) >= 11 is 0. The zero-order valence-electron chi connectivity index (χ0n) is 13.3. The number of hydrogen-bond acceptors (Lipinski definition) is 2. The molecule has 0 bridgehead atoms. The number of aryl methyl sites for hydroxylation is 1. The van der Waals surface area contributed by atoms with Gasteiger partial charge in [-0.05, 0) is 55.8 Å². The smallest absolute Gasteiger partial charge is 0.238 e. The number of benzene rings is 1. The van der Waals surface area contributed by atoms with Crippen LogP contribution in [-0.4, -0.2) is 30.4 Å². The average molecular weight is 304 g/mol. The fraction of sp³-hybridized carbons (Fsp3) is 0.611. The van der Waals surface area contributed by atoms with Gasteiger partial charge in [0, 0.05) is 6.54 Å². The Morgan fingerprint density at radius 3 is 2.82 bits per heavy atom. The Kier molecular flexibility index (Phi) is 4.77. The lowest BCUT2D eigenvalue weighted by molar-refractivity contribution is -0.118. The first-order valence-electron chi connectivity index (χ1n) is 8.40. The van der Waals surface area contributed by atoms with E-state index in [0.29, 0.717) is 6.54 Å². The quantitative estimate of drug-likeness (QED) is 0.925. The number of anilines is 1. The van der Waals surface area contributed by atoms with Crippen LogP contribution in [0.1, 0.15) is 37.7 Å². The summed E-state index contributed by atoms with van der Waals surface area (Å²) in [7, 11) is 0. The van der Waals surface area contributed by atoms with Crippen LogP contribution in [0.25, 0.3) is 0 Å². The Labute approximate surface area is 131 Å². The maximum absolute atomic E-state index is 13.8. The Balaban J connectivity index is 1.53. The average Bonchev–Trinajstić information content (AvgIpc) is 2.50. The van der Waals surface area contributed by atoms with Crippen LogP contribution < -0.4 is 5.32 Å². The molecule has 1 aliphatic carbocycles. The molecule has 3 rings (SSSR count). The molecule has 2 fully saturated rings. The second-order valence-corrected chi connectivity index (χ2v) is 6.86. The van der Waals surface area contributed by atoms with Gasteiger partial charge < -0.3 is 5.32 Å². The van der Waals surface area contributed by atoms with Crippen LogP contribution in [-0.2, 0) is 4.79 Å². The molecule has 0 aromatic heterocycles. The van der Waals surface area contributed by atoms with Crippen LogP contribution in [0.4, 0.5) is 10.1 Å². The number of carbonyl (C=O) groups is 1. The Morgan fingerprint density at radius 2 is 2.05 bits per heavy atom. The van der Waals surface area contributed by atoms with Gasteiger partial charge in [-0.3, -0.25) is 9.69 Å². The number of carbonyl (C=O) groups excluding carboxylic acids is 1. The third-order valence-electron chi connectivity index (χ3n) is 5.14. The predicted octanol–water partition coefficient (Wildman–Crippen LogP) is 3.58. The maximum Gasteiger partial charge on any atom is 0.238 e. The molecule has 0 unspecified atom stereocenters. The molecule has 0 radical (unpaired) electrons. The summed E-state index contributed by atoms with van der Waals surface area (Å²) in [6.07, 6.45) is 6.57. The minimum atomic E-state index is -0.362. The summed E-state index contributed by atoms with van der Waals surface area (Å²) < 4.78 is 13.8. The Morgan fingerprint density at radius 1 is 1.27 bits per heavy atom. The SMILES string of the molecule is Cc1ccc(NC(=O)CN2CC[C@@H]3CCCC[C@@H]3C2)c(F)c1. The molecule has 1 aliphatic heterocycles. The van der Waals surface area contributed by atoms with E-state index in [9.17, 15) is 9.18 Å². The number of fused-ring (bicyclic) bond motifs is 1. The zero-order chi connectivity index (χ0) is 15.5. The number of nitrogens with one attached hydrogen (secondary N) is 1. The molecule has 1 amide bonds. The summed E-state index contributed by atoms with van der Waals surface area (Å²) in [5.41, 5.74) is 1.14. The van der Waals surface area contributed by atoms with Crippen molar-refractivity contribution in [2.45, 2.75) is 39.0 Å². The van der Waals surface area contributed by atoms with Crippen molar-refractivity contribution < 1.29 is 9.18 Å². The topological polar surface area (TPSA) is 32.3 Å².